The van der Waals surface area contributed by atoms with Gasteiger partial charge in [0.2, 0.25) is 5.91 Å². The van der Waals surface area contributed by atoms with Crippen LogP contribution in [0.2, 0.25) is 5.02 Å². The Balaban J connectivity index is 1.21. The van der Waals surface area contributed by atoms with Gasteiger partial charge < -0.3 is 14.9 Å². The van der Waals surface area contributed by atoms with E-state index in [2.05, 4.69) is 30.5 Å². The van der Waals surface area contributed by atoms with Crippen molar-refractivity contribution in [3.63, 3.8) is 0 Å². The second kappa shape index (κ2) is 8.34. The number of tetrazole rings is 1. The molecule has 0 radical (unpaired) electrons. The molecule has 1 amide bonds. The van der Waals surface area contributed by atoms with Crippen LogP contribution in [0.5, 0.6) is 0 Å². The molecule has 37 heavy (non-hydrogen) atoms. The number of aromatic amines is 2. The number of fused-ring (bicyclic) bond motifs is 2. The third-order valence-corrected chi connectivity index (χ3v) is 7.42. The Kier molecular flexibility index (Phi) is 4.93. The molecule has 5 aromatic rings. The van der Waals surface area contributed by atoms with Gasteiger partial charge in [-0.3, -0.25) is 4.79 Å². The van der Waals surface area contributed by atoms with Crippen molar-refractivity contribution in [1.29, 1.82) is 0 Å². The zero-order valence-electron chi connectivity index (χ0n) is 19.3. The number of rotatable bonds is 4. The topological polar surface area (TPSA) is 121 Å². The average molecular weight is 516 g/mol. The molecular weight excluding hydrogens is 497 g/mol. The zero-order valence-corrected chi connectivity index (χ0v) is 20.0. The molecule has 0 aliphatic carbocycles. The Morgan fingerprint density at radius 2 is 2.05 bits per heavy atom. The predicted molar refractivity (Wildman–Crippen MR) is 133 cm³/mol. The van der Waals surface area contributed by atoms with Gasteiger partial charge in [0.1, 0.15) is 12.2 Å². The number of carbonyl (C=O) groups is 1. The van der Waals surface area contributed by atoms with Crippen molar-refractivity contribution < 1.29 is 9.18 Å². The number of hydrogen-bond donors (Lipinski definition) is 2. The summed E-state index contributed by atoms with van der Waals surface area (Å²) in [6.07, 6.45) is 8.39. The Morgan fingerprint density at radius 1 is 1.14 bits per heavy atom. The molecule has 2 aliphatic heterocycles. The molecule has 0 saturated carbocycles. The molecule has 5 heterocycles. The lowest BCUT2D eigenvalue weighted by molar-refractivity contribution is -0.129. The maximum absolute atomic E-state index is 15.3. The minimum absolute atomic E-state index is 0.0250. The smallest absolute Gasteiger partial charge is 0.247 e. The summed E-state index contributed by atoms with van der Waals surface area (Å²) in [5.41, 5.74) is 4.79. The third-order valence-electron chi connectivity index (χ3n) is 7.13. The monoisotopic (exact) mass is 515 g/mol. The Morgan fingerprint density at radius 3 is 2.92 bits per heavy atom. The minimum atomic E-state index is -0.596. The van der Waals surface area contributed by atoms with Gasteiger partial charge in [0.15, 0.2) is 5.82 Å². The Labute approximate surface area is 214 Å². The average Bonchev–Trinajstić information content (AvgIpc) is 3.71. The number of halogens is 2. The Hall–Kier alpha value is -4.38. The second-order valence-corrected chi connectivity index (χ2v) is 9.59. The Bertz CT molecular complexity index is 1690. The van der Waals surface area contributed by atoms with E-state index in [-0.39, 0.29) is 28.6 Å². The van der Waals surface area contributed by atoms with E-state index in [1.807, 2.05) is 29.3 Å². The van der Waals surface area contributed by atoms with Crippen molar-refractivity contribution in [3.8, 4) is 16.9 Å². The molecule has 0 bridgehead atoms. The molecule has 7 rings (SSSR count). The van der Waals surface area contributed by atoms with Crippen LogP contribution < -0.4 is 0 Å². The van der Waals surface area contributed by atoms with Gasteiger partial charge in [-0.2, -0.15) is 4.68 Å². The summed E-state index contributed by atoms with van der Waals surface area (Å²) < 4.78 is 16.7. The summed E-state index contributed by atoms with van der Waals surface area (Å²) in [5.74, 6) is -0.0545. The summed E-state index contributed by atoms with van der Waals surface area (Å²) in [4.78, 5) is 30.8. The van der Waals surface area contributed by atoms with Crippen LogP contribution >= 0.6 is 11.6 Å². The number of nitrogens with zero attached hydrogens (tertiary/aromatic N) is 7. The van der Waals surface area contributed by atoms with E-state index in [1.165, 1.54) is 23.2 Å². The summed E-state index contributed by atoms with van der Waals surface area (Å²) in [7, 11) is 0. The maximum atomic E-state index is 15.3. The van der Waals surface area contributed by atoms with Crippen molar-refractivity contribution in [2.75, 3.05) is 0 Å². The van der Waals surface area contributed by atoms with Crippen LogP contribution in [0.3, 0.4) is 0 Å². The highest BCUT2D eigenvalue weighted by molar-refractivity contribution is 6.31. The lowest BCUT2D eigenvalue weighted by Crippen LogP contribution is -2.39. The quantitative estimate of drug-likeness (QED) is 0.369. The molecule has 1 fully saturated rings. The first-order valence-electron chi connectivity index (χ1n) is 11.8. The number of benzene rings is 2. The van der Waals surface area contributed by atoms with Crippen molar-refractivity contribution >= 4 is 34.1 Å². The van der Waals surface area contributed by atoms with Gasteiger partial charge in [-0.05, 0) is 59.5 Å². The van der Waals surface area contributed by atoms with E-state index in [0.717, 1.165) is 41.0 Å². The van der Waals surface area contributed by atoms with E-state index < -0.39 is 5.82 Å². The summed E-state index contributed by atoms with van der Waals surface area (Å²) in [5, 5.41) is 11.2. The minimum Gasteiger partial charge on any atom is -0.346 e. The molecule has 2 aliphatic rings. The van der Waals surface area contributed by atoms with Crippen molar-refractivity contribution in [2.24, 2.45) is 0 Å². The fourth-order valence-corrected chi connectivity index (χ4v) is 5.61. The van der Waals surface area contributed by atoms with Crippen LogP contribution in [-0.4, -0.2) is 57.0 Å². The lowest BCUT2D eigenvalue weighted by atomic mass is 9.92. The van der Waals surface area contributed by atoms with Crippen LogP contribution in [0.15, 0.2) is 55.3 Å². The summed E-state index contributed by atoms with van der Waals surface area (Å²) in [6, 6.07) is 8.76. The first-order chi connectivity index (χ1) is 18.1. The fourth-order valence-electron chi connectivity index (χ4n) is 5.45. The fraction of sp³-hybridized carbons (Fsp3) is 0.200. The number of imidazole rings is 2. The van der Waals surface area contributed by atoms with E-state index in [0.29, 0.717) is 17.7 Å². The van der Waals surface area contributed by atoms with Gasteiger partial charge in [0.25, 0.3) is 0 Å². The first kappa shape index (κ1) is 21.9. The molecule has 0 spiro atoms. The number of nitrogens with one attached hydrogen (secondary N) is 2. The van der Waals surface area contributed by atoms with Crippen LogP contribution in [0.4, 0.5) is 4.39 Å². The SMILES string of the molecule is O=C1C=C(c2c(-n3cnnn3)ccc(Cl)c2F)C[C@H]2CC[C@@H](c3nc(-c4ccc5[nH]cnc5c4)c[nH]3)N12. The maximum Gasteiger partial charge on any atom is 0.247 e. The van der Waals surface area contributed by atoms with Gasteiger partial charge in [-0.15, -0.1) is 5.10 Å². The van der Waals surface area contributed by atoms with Gasteiger partial charge in [-0.25, -0.2) is 14.4 Å². The van der Waals surface area contributed by atoms with E-state index >= 15 is 4.39 Å². The van der Waals surface area contributed by atoms with Crippen molar-refractivity contribution in [2.45, 2.75) is 31.3 Å². The lowest BCUT2D eigenvalue weighted by Gasteiger charge is -2.33. The predicted octanol–water partition coefficient (Wildman–Crippen LogP) is 4.24. The molecule has 2 aromatic carbocycles. The molecule has 3 aromatic heterocycles. The number of H-pyrrole nitrogens is 2. The molecule has 10 nitrogen and oxygen atoms in total. The number of amides is 1. The first-order valence-corrected chi connectivity index (χ1v) is 12.2. The van der Waals surface area contributed by atoms with Crippen LogP contribution in [-0.2, 0) is 4.79 Å². The molecule has 1 saturated heterocycles. The highest BCUT2D eigenvalue weighted by Gasteiger charge is 2.42. The number of hydrogen-bond acceptors (Lipinski definition) is 6. The number of aromatic nitrogens is 8. The van der Waals surface area contributed by atoms with Crippen LogP contribution in [0.1, 0.15) is 36.7 Å². The molecule has 12 heteroatoms. The molecule has 2 N–H and O–H groups in total. The van der Waals surface area contributed by atoms with Crippen LogP contribution in [0.25, 0.3) is 33.6 Å². The largest absolute Gasteiger partial charge is 0.346 e. The van der Waals surface area contributed by atoms with Crippen molar-refractivity contribution in [3.05, 3.63) is 77.5 Å². The van der Waals surface area contributed by atoms with E-state index in [9.17, 15) is 4.79 Å². The summed E-state index contributed by atoms with van der Waals surface area (Å²) in [6.45, 7) is 0. The number of carbonyl (C=O) groups excluding carboxylic acids is 1. The van der Waals surface area contributed by atoms with Crippen molar-refractivity contribution in [1.82, 2.24) is 45.0 Å². The molecule has 184 valence electrons. The summed E-state index contributed by atoms with van der Waals surface area (Å²) >= 11 is 6.12. The zero-order chi connectivity index (χ0) is 25.1. The van der Waals surface area contributed by atoms with E-state index in [4.69, 9.17) is 16.6 Å². The highest BCUT2D eigenvalue weighted by Crippen LogP contribution is 2.44. The van der Waals surface area contributed by atoms with E-state index in [1.54, 1.807) is 12.4 Å². The van der Waals surface area contributed by atoms with Crippen LogP contribution in [0, 0.1) is 5.82 Å². The standard InChI is InChI=1S/C25H19ClFN9O/c26-16-3-6-20(35-12-31-33-34-35)23(24(16)27)14-7-15-2-5-21(36(15)22(37)9-14)25-28-10-19(32-25)13-1-4-17-18(8-13)30-11-29-17/h1,3-4,6,8-12,15,21H,2,5,7H2,(H,28,32)(H,29,30)/t15-,21+/m1/s1. The van der Waals surface area contributed by atoms with Gasteiger partial charge in [0, 0.05) is 29.4 Å². The molecule has 2 atom stereocenters. The van der Waals surface area contributed by atoms with Gasteiger partial charge in [-0.1, -0.05) is 17.7 Å². The second-order valence-electron chi connectivity index (χ2n) is 9.18. The normalized spacial score (nSPS) is 19.5. The molecule has 0 unspecified atom stereocenters. The van der Waals surface area contributed by atoms with Gasteiger partial charge in [0.05, 0.1) is 39.8 Å². The van der Waals surface area contributed by atoms with Gasteiger partial charge >= 0.3 is 0 Å². The third kappa shape index (κ3) is 3.53. The highest BCUT2D eigenvalue weighted by atomic mass is 35.5. The molecular formula is C25H19ClFN9O.